The van der Waals surface area contributed by atoms with Crippen LogP contribution in [0.3, 0.4) is 0 Å². The number of anilines is 2. The van der Waals surface area contributed by atoms with Crippen LogP contribution in [0.1, 0.15) is 28.4 Å². The molecule has 178 valence electrons. The number of amides is 2. The molecule has 0 aromatic heterocycles. The number of allylic oxidation sites excluding steroid dienone is 1. The average molecular weight is 466 g/mol. The van der Waals surface area contributed by atoms with Gasteiger partial charge in [0.25, 0.3) is 5.91 Å². The van der Waals surface area contributed by atoms with Crippen LogP contribution < -0.4 is 11.1 Å². The van der Waals surface area contributed by atoms with Crippen LogP contribution in [-0.2, 0) is 18.9 Å². The highest BCUT2D eigenvalue weighted by atomic mass is 16.6. The van der Waals surface area contributed by atoms with Crippen LogP contribution in [0.15, 0.2) is 71.8 Å². The molecule has 0 spiro atoms. The first-order chi connectivity index (χ1) is 16.5. The van der Waals surface area contributed by atoms with Gasteiger partial charge in [-0.25, -0.2) is 4.79 Å². The van der Waals surface area contributed by atoms with Crippen LogP contribution in [0.4, 0.5) is 16.2 Å². The Labute approximate surface area is 197 Å². The maximum atomic E-state index is 12.7. The molecule has 0 radical (unpaired) electrons. The molecule has 1 aliphatic carbocycles. The molecular weight excluding hydrogens is 438 g/mol. The molecular formula is C25H27N3O6. The van der Waals surface area contributed by atoms with Gasteiger partial charge in [0.05, 0.1) is 31.6 Å². The molecule has 2 aromatic carbocycles. The van der Waals surface area contributed by atoms with E-state index in [0.717, 1.165) is 5.56 Å². The number of methoxy groups -OCH3 is 3. The summed E-state index contributed by atoms with van der Waals surface area (Å²) in [6, 6.07) is 13.7. The highest BCUT2D eigenvalue weighted by Gasteiger charge is 2.40. The summed E-state index contributed by atoms with van der Waals surface area (Å²) in [6.07, 6.45) is 1.33. The van der Waals surface area contributed by atoms with Crippen LogP contribution in [0.5, 0.6) is 0 Å². The summed E-state index contributed by atoms with van der Waals surface area (Å²) in [5, 5.41) is 2.81. The van der Waals surface area contributed by atoms with Crippen molar-refractivity contribution in [3.05, 3.63) is 82.9 Å². The van der Waals surface area contributed by atoms with Crippen molar-refractivity contribution in [1.82, 2.24) is 4.90 Å². The molecule has 1 aliphatic heterocycles. The lowest BCUT2D eigenvalue weighted by Gasteiger charge is -2.31. The molecule has 9 heteroatoms. The minimum Gasteiger partial charge on any atom is -0.494 e. The number of nitrogen functional groups attached to an aromatic ring is 1. The Morgan fingerprint density at radius 2 is 1.82 bits per heavy atom. The van der Waals surface area contributed by atoms with E-state index in [9.17, 15) is 9.59 Å². The molecule has 4 rings (SSSR count). The van der Waals surface area contributed by atoms with Crippen LogP contribution in [-0.4, -0.2) is 50.9 Å². The highest BCUT2D eigenvalue weighted by molar-refractivity contribution is 6.05. The van der Waals surface area contributed by atoms with Gasteiger partial charge < -0.3 is 30.0 Å². The molecule has 1 saturated heterocycles. The third-order valence-corrected chi connectivity index (χ3v) is 5.90. The number of para-hydroxylation sites is 2. The molecule has 2 amide bonds. The van der Waals surface area contributed by atoms with Gasteiger partial charge in [-0.1, -0.05) is 24.3 Å². The van der Waals surface area contributed by atoms with Crippen molar-refractivity contribution in [2.75, 3.05) is 39.0 Å². The number of hydrogen-bond acceptors (Lipinski definition) is 7. The fraction of sp³-hybridized carbons (Fsp3) is 0.280. The lowest BCUT2D eigenvalue weighted by Crippen LogP contribution is -2.33. The van der Waals surface area contributed by atoms with Gasteiger partial charge in [-0.3, -0.25) is 9.69 Å². The maximum absolute atomic E-state index is 12.7. The number of nitrogens with two attached hydrogens (primary N) is 1. The van der Waals surface area contributed by atoms with E-state index in [4.69, 9.17) is 24.7 Å². The number of ether oxygens (including phenoxy) is 4. The van der Waals surface area contributed by atoms with Crippen molar-refractivity contribution in [1.29, 1.82) is 0 Å². The minimum absolute atomic E-state index is 0.184. The number of rotatable bonds is 7. The first-order valence-electron chi connectivity index (χ1n) is 10.7. The lowest BCUT2D eigenvalue weighted by molar-refractivity contribution is 0.0595. The zero-order valence-electron chi connectivity index (χ0n) is 19.2. The van der Waals surface area contributed by atoms with E-state index in [0.29, 0.717) is 40.6 Å². The minimum atomic E-state index is -0.455. The summed E-state index contributed by atoms with van der Waals surface area (Å²) in [5.74, 6) is 0.772. The predicted octanol–water partition coefficient (Wildman–Crippen LogP) is 3.82. The molecule has 0 bridgehead atoms. The quantitative estimate of drug-likeness (QED) is 0.598. The highest BCUT2D eigenvalue weighted by Crippen LogP contribution is 2.37. The smallest absolute Gasteiger partial charge is 0.414 e. The summed E-state index contributed by atoms with van der Waals surface area (Å²) in [4.78, 5) is 26.9. The van der Waals surface area contributed by atoms with Gasteiger partial charge >= 0.3 is 6.09 Å². The van der Waals surface area contributed by atoms with Crippen molar-refractivity contribution in [2.45, 2.75) is 18.6 Å². The summed E-state index contributed by atoms with van der Waals surface area (Å²) in [5.41, 5.74) is 8.94. The van der Waals surface area contributed by atoms with Crippen molar-refractivity contribution in [3.63, 3.8) is 0 Å². The van der Waals surface area contributed by atoms with Crippen molar-refractivity contribution in [3.8, 4) is 0 Å². The number of carbonyl (C=O) groups excluding carboxylic acids is 2. The number of nitrogens with one attached hydrogen (secondary N) is 1. The molecule has 9 nitrogen and oxygen atoms in total. The van der Waals surface area contributed by atoms with E-state index in [1.54, 1.807) is 61.6 Å². The van der Waals surface area contributed by atoms with Gasteiger partial charge in [-0.2, -0.15) is 0 Å². The van der Waals surface area contributed by atoms with E-state index in [1.807, 2.05) is 12.1 Å². The normalized spacial score (nSPS) is 20.0. The fourth-order valence-corrected chi connectivity index (χ4v) is 4.12. The van der Waals surface area contributed by atoms with Crippen LogP contribution in [0.25, 0.3) is 0 Å². The Bertz CT molecular complexity index is 1140. The van der Waals surface area contributed by atoms with Gasteiger partial charge in [0.1, 0.15) is 12.7 Å². The molecule has 2 atom stereocenters. The maximum Gasteiger partial charge on any atom is 0.414 e. The van der Waals surface area contributed by atoms with E-state index >= 15 is 0 Å². The van der Waals surface area contributed by atoms with E-state index in [-0.39, 0.29) is 18.6 Å². The van der Waals surface area contributed by atoms with E-state index < -0.39 is 12.2 Å². The number of benzene rings is 2. The molecule has 1 fully saturated rings. The first-order valence-corrected chi connectivity index (χ1v) is 10.7. The third-order valence-electron chi connectivity index (χ3n) is 5.90. The second-order valence-electron chi connectivity index (χ2n) is 7.83. The van der Waals surface area contributed by atoms with Crippen LogP contribution in [0.2, 0.25) is 0 Å². The summed E-state index contributed by atoms with van der Waals surface area (Å²) >= 11 is 0. The second-order valence-corrected chi connectivity index (χ2v) is 7.83. The van der Waals surface area contributed by atoms with Gasteiger partial charge in [0, 0.05) is 30.9 Å². The number of nitrogens with zero attached hydrogens (tertiary/aromatic N) is 1. The van der Waals surface area contributed by atoms with Crippen molar-refractivity contribution >= 4 is 23.4 Å². The van der Waals surface area contributed by atoms with E-state index in [1.165, 1.54) is 7.11 Å². The Balaban J connectivity index is 1.56. The number of hydrogen-bond donors (Lipinski definition) is 2. The summed E-state index contributed by atoms with van der Waals surface area (Å²) in [7, 11) is 4.66. The van der Waals surface area contributed by atoms with E-state index in [2.05, 4.69) is 5.32 Å². The first kappa shape index (κ1) is 23.2. The van der Waals surface area contributed by atoms with Crippen LogP contribution in [0, 0.1) is 0 Å². The monoisotopic (exact) mass is 465 g/mol. The standard InChI is InChI=1S/C25H27N3O6/c1-31-21-12-17(13-22(32-2)23(21)33-3)28-20(14-34-25(28)30)15-8-10-16(11-9-15)24(29)27-19-7-5-4-6-18(19)26/h4-12,20,22H,13-14,26H2,1-3H3,(H,27,29). The molecule has 3 N–H and O–H groups in total. The molecule has 2 aliphatic rings. The molecule has 2 unspecified atom stereocenters. The largest absolute Gasteiger partial charge is 0.494 e. The average Bonchev–Trinajstić information content (AvgIpc) is 3.25. The van der Waals surface area contributed by atoms with Crippen molar-refractivity contribution in [2.24, 2.45) is 0 Å². The number of cyclic esters (lactones) is 1. The zero-order chi connectivity index (χ0) is 24.2. The van der Waals surface area contributed by atoms with Gasteiger partial charge in [0.15, 0.2) is 11.5 Å². The third kappa shape index (κ3) is 4.42. The molecule has 0 saturated carbocycles. The van der Waals surface area contributed by atoms with Gasteiger partial charge in [0.2, 0.25) is 0 Å². The summed E-state index contributed by atoms with van der Waals surface area (Å²) in [6.45, 7) is 0.184. The Morgan fingerprint density at radius 1 is 1.09 bits per heavy atom. The molecule has 1 heterocycles. The van der Waals surface area contributed by atoms with Crippen molar-refractivity contribution < 1.29 is 28.5 Å². The topological polar surface area (TPSA) is 112 Å². The fourth-order valence-electron chi connectivity index (χ4n) is 4.12. The molecule has 34 heavy (non-hydrogen) atoms. The Kier molecular flexibility index (Phi) is 6.74. The summed E-state index contributed by atoms with van der Waals surface area (Å²) < 4.78 is 21.8. The second kappa shape index (κ2) is 9.88. The lowest BCUT2D eigenvalue weighted by atomic mass is 9.99. The zero-order valence-corrected chi connectivity index (χ0v) is 19.2. The van der Waals surface area contributed by atoms with Gasteiger partial charge in [-0.05, 0) is 29.8 Å². The van der Waals surface area contributed by atoms with Gasteiger partial charge in [-0.15, -0.1) is 0 Å². The molecule has 2 aromatic rings. The number of carbonyl (C=O) groups is 2. The Hall–Kier alpha value is -3.98. The predicted molar refractivity (Wildman–Crippen MR) is 126 cm³/mol. The Morgan fingerprint density at radius 3 is 2.47 bits per heavy atom. The SMILES string of the molecule is COC1=C(OC)C(OC)CC(N2C(=O)OCC2c2ccc(C(=O)Nc3ccccc3N)cc2)=C1. The van der Waals surface area contributed by atoms with Crippen LogP contribution >= 0.6 is 0 Å².